The van der Waals surface area contributed by atoms with Crippen LogP contribution in [-0.2, 0) is 10.0 Å². The fourth-order valence-electron chi connectivity index (χ4n) is 1.00. The number of nitrogens with zero attached hydrogens (tertiary/aromatic N) is 2. The maximum Gasteiger partial charge on any atom is 0.356 e. The summed E-state index contributed by atoms with van der Waals surface area (Å²) in [5.74, 6) is -1.38. The number of carbonyl (C=O) groups is 1. The van der Waals surface area contributed by atoms with Gasteiger partial charge in [-0.05, 0) is 0 Å². The lowest BCUT2D eigenvalue weighted by molar-refractivity contribution is 0.0687. The minimum absolute atomic E-state index is 0.176. The van der Waals surface area contributed by atoms with Crippen molar-refractivity contribution in [2.45, 2.75) is 4.21 Å². The molecule has 0 fully saturated rings. The Balaban J connectivity index is 2.38. The highest BCUT2D eigenvalue weighted by molar-refractivity contribution is 7.94. The monoisotopic (exact) mass is 291 g/mol. The van der Waals surface area contributed by atoms with Crippen LogP contribution in [0.3, 0.4) is 0 Å². The number of thiazole rings is 2. The molecule has 0 amide bonds. The molecule has 0 spiro atoms. The number of sulfonamides is 1. The molecule has 0 aromatic carbocycles. The molecule has 0 aliphatic rings. The number of aromatic nitrogens is 2. The van der Waals surface area contributed by atoms with Crippen LogP contribution in [0, 0.1) is 0 Å². The van der Waals surface area contributed by atoms with E-state index in [2.05, 4.69) is 14.7 Å². The fraction of sp³-hybridized carbons (Fsp3) is 0. The lowest BCUT2D eigenvalue weighted by atomic mass is 10.5. The summed E-state index contributed by atoms with van der Waals surface area (Å²) in [7, 11) is -3.94. The Labute approximate surface area is 104 Å². The fourth-order valence-corrected chi connectivity index (χ4v) is 3.93. The molecule has 0 saturated carbocycles. The zero-order valence-electron chi connectivity index (χ0n) is 8.02. The highest BCUT2D eigenvalue weighted by Gasteiger charge is 2.26. The molecule has 2 aromatic heterocycles. The van der Waals surface area contributed by atoms with Gasteiger partial charge in [-0.15, -0.1) is 22.7 Å². The molecule has 0 unspecified atom stereocenters. The van der Waals surface area contributed by atoms with Crippen molar-refractivity contribution in [2.75, 3.05) is 4.72 Å². The summed E-state index contributed by atoms with van der Waals surface area (Å²) in [6.45, 7) is 0. The zero-order valence-corrected chi connectivity index (χ0v) is 10.5. The Hall–Kier alpha value is -1.52. The minimum atomic E-state index is -3.94. The second kappa shape index (κ2) is 4.39. The summed E-state index contributed by atoms with van der Waals surface area (Å²) in [5, 5.41) is 10.6. The molecule has 0 atom stereocenters. The van der Waals surface area contributed by atoms with Crippen molar-refractivity contribution in [3.05, 3.63) is 22.8 Å². The van der Waals surface area contributed by atoms with Crippen molar-refractivity contribution in [1.29, 1.82) is 0 Å². The summed E-state index contributed by atoms with van der Waals surface area (Å²) in [5.41, 5.74) is 0.680. The van der Waals surface area contributed by atoms with Crippen molar-refractivity contribution in [3.63, 3.8) is 0 Å². The zero-order chi connectivity index (χ0) is 12.5. The van der Waals surface area contributed by atoms with Crippen LogP contribution < -0.4 is 4.72 Å². The van der Waals surface area contributed by atoms with Crippen LogP contribution in [0.25, 0.3) is 0 Å². The number of carboxylic acid groups (broad SMARTS) is 1. The second-order valence-corrected chi connectivity index (χ2v) is 6.36. The summed E-state index contributed by atoms with van der Waals surface area (Å²) >= 11 is 1.84. The van der Waals surface area contributed by atoms with Crippen molar-refractivity contribution in [3.8, 4) is 0 Å². The van der Waals surface area contributed by atoms with Gasteiger partial charge in [-0.3, -0.25) is 4.72 Å². The molecule has 0 aliphatic heterocycles. The smallest absolute Gasteiger partial charge is 0.356 e. The molecule has 0 bridgehead atoms. The van der Waals surface area contributed by atoms with Crippen LogP contribution >= 0.6 is 22.7 Å². The Morgan fingerprint density at radius 2 is 2.12 bits per heavy atom. The molecule has 10 heteroatoms. The van der Waals surface area contributed by atoms with Gasteiger partial charge in [-0.1, -0.05) is 0 Å². The quantitative estimate of drug-likeness (QED) is 0.873. The maximum atomic E-state index is 11.8. The predicted molar refractivity (Wildman–Crippen MR) is 62.0 cm³/mol. The first-order valence-electron chi connectivity index (χ1n) is 4.10. The normalized spacial score (nSPS) is 11.3. The van der Waals surface area contributed by atoms with Gasteiger partial charge in [0.2, 0.25) is 0 Å². The summed E-state index contributed by atoms with van der Waals surface area (Å²) in [6.07, 6.45) is 1.44. The third kappa shape index (κ3) is 2.43. The molecule has 2 N–H and O–H groups in total. The van der Waals surface area contributed by atoms with Crippen molar-refractivity contribution < 1.29 is 18.3 Å². The van der Waals surface area contributed by atoms with Crippen LogP contribution in [0.2, 0.25) is 0 Å². The van der Waals surface area contributed by atoms with Crippen LogP contribution in [0.15, 0.2) is 21.3 Å². The molecular formula is C7H5N3O4S3. The van der Waals surface area contributed by atoms with Crippen molar-refractivity contribution >= 4 is 43.8 Å². The summed E-state index contributed by atoms with van der Waals surface area (Å²) < 4.78 is 25.5. The van der Waals surface area contributed by atoms with E-state index in [1.165, 1.54) is 11.7 Å². The van der Waals surface area contributed by atoms with Crippen molar-refractivity contribution in [2.24, 2.45) is 0 Å². The first kappa shape index (κ1) is 12.0. The molecule has 17 heavy (non-hydrogen) atoms. The Morgan fingerprint density at radius 1 is 1.35 bits per heavy atom. The first-order valence-corrected chi connectivity index (χ1v) is 7.34. The van der Waals surface area contributed by atoms with E-state index in [4.69, 9.17) is 5.11 Å². The van der Waals surface area contributed by atoms with E-state index >= 15 is 0 Å². The molecule has 0 saturated heterocycles. The Bertz CT molecular complexity index is 631. The minimum Gasteiger partial charge on any atom is -0.476 e. The maximum absolute atomic E-state index is 11.8. The summed E-state index contributed by atoms with van der Waals surface area (Å²) in [6, 6.07) is 0. The molecular weight excluding hydrogens is 286 g/mol. The molecule has 2 rings (SSSR count). The van der Waals surface area contributed by atoms with Crippen LogP contribution in [0.4, 0.5) is 5.13 Å². The van der Waals surface area contributed by atoms with Crippen LogP contribution in [-0.4, -0.2) is 29.5 Å². The molecule has 2 heterocycles. The van der Waals surface area contributed by atoms with Gasteiger partial charge in [0.25, 0.3) is 10.0 Å². The van der Waals surface area contributed by atoms with E-state index in [1.807, 2.05) is 0 Å². The molecule has 7 nitrogen and oxygen atoms in total. The highest BCUT2D eigenvalue weighted by atomic mass is 32.2. The number of carboxylic acids is 1. The Kier molecular flexibility index (Phi) is 3.09. The average Bonchev–Trinajstić information content (AvgIpc) is 2.84. The van der Waals surface area contributed by atoms with E-state index in [1.54, 1.807) is 5.38 Å². The van der Waals surface area contributed by atoms with Crippen LogP contribution in [0.1, 0.15) is 10.5 Å². The third-order valence-corrected chi connectivity index (χ3v) is 5.16. The van der Waals surface area contributed by atoms with Gasteiger partial charge in [0.1, 0.15) is 0 Å². The first-order chi connectivity index (χ1) is 8.00. The number of anilines is 1. The molecule has 90 valence electrons. The van der Waals surface area contributed by atoms with Gasteiger partial charge < -0.3 is 5.11 Å². The van der Waals surface area contributed by atoms with E-state index in [0.717, 1.165) is 22.7 Å². The van der Waals surface area contributed by atoms with E-state index in [9.17, 15) is 13.2 Å². The molecule has 2 aromatic rings. The third-order valence-electron chi connectivity index (χ3n) is 1.64. The topological polar surface area (TPSA) is 109 Å². The molecule has 0 aliphatic carbocycles. The largest absolute Gasteiger partial charge is 0.476 e. The van der Waals surface area contributed by atoms with E-state index < -0.39 is 21.7 Å². The van der Waals surface area contributed by atoms with Crippen molar-refractivity contribution in [1.82, 2.24) is 9.97 Å². The number of hydrogen-bond acceptors (Lipinski definition) is 7. The van der Waals surface area contributed by atoms with Gasteiger partial charge in [0, 0.05) is 11.6 Å². The highest BCUT2D eigenvalue weighted by Crippen LogP contribution is 2.23. The van der Waals surface area contributed by atoms with E-state index in [-0.39, 0.29) is 9.34 Å². The van der Waals surface area contributed by atoms with Gasteiger partial charge in [0.15, 0.2) is 15.0 Å². The van der Waals surface area contributed by atoms with E-state index in [0.29, 0.717) is 0 Å². The SMILES string of the molecule is O=C(O)c1ncsc1S(=O)(=O)Nc1nccs1. The van der Waals surface area contributed by atoms with Gasteiger partial charge in [-0.25, -0.2) is 23.2 Å². The second-order valence-electron chi connectivity index (χ2n) is 2.74. The lowest BCUT2D eigenvalue weighted by Gasteiger charge is -2.02. The predicted octanol–water partition coefficient (Wildman–Crippen LogP) is 1.10. The number of hydrogen-bond donors (Lipinski definition) is 2. The van der Waals surface area contributed by atoms with Gasteiger partial charge in [0.05, 0.1) is 5.51 Å². The number of nitrogens with one attached hydrogen (secondary N) is 1. The van der Waals surface area contributed by atoms with Gasteiger partial charge in [-0.2, -0.15) is 0 Å². The summed E-state index contributed by atoms with van der Waals surface area (Å²) in [4.78, 5) is 18.0. The number of rotatable bonds is 4. The average molecular weight is 291 g/mol. The van der Waals surface area contributed by atoms with Crippen LogP contribution in [0.5, 0.6) is 0 Å². The Morgan fingerprint density at radius 3 is 2.71 bits per heavy atom. The standard InChI is InChI=1S/C7H5N3O4S3/c11-5(12)4-6(16-3-9-4)17(13,14)10-7-8-1-2-15-7/h1-3H,(H,8,10)(H,11,12). The molecule has 0 radical (unpaired) electrons. The van der Waals surface area contributed by atoms with Gasteiger partial charge >= 0.3 is 5.97 Å². The lowest BCUT2D eigenvalue weighted by Crippen LogP contribution is -2.15. The number of aromatic carboxylic acids is 1.